The van der Waals surface area contributed by atoms with Gasteiger partial charge in [-0.15, -0.1) is 11.3 Å². The SMILES string of the molecule is NCCCCNC(=O)Cc1csc(Cc2ccc(F)cc2)n1. The van der Waals surface area contributed by atoms with E-state index in [4.69, 9.17) is 5.73 Å². The van der Waals surface area contributed by atoms with Gasteiger partial charge < -0.3 is 11.1 Å². The first-order valence-electron chi connectivity index (χ1n) is 7.32. The standard InChI is InChI=1S/C16H20FN3OS/c17-13-5-3-12(4-6-13)9-16-20-14(11-22-16)10-15(21)19-8-2-1-7-18/h3-6,11H,1-2,7-10,18H2,(H,19,21). The van der Waals surface area contributed by atoms with Crippen LogP contribution in [0, 0.1) is 5.82 Å². The van der Waals surface area contributed by atoms with Crippen molar-refractivity contribution in [3.63, 3.8) is 0 Å². The number of benzene rings is 1. The van der Waals surface area contributed by atoms with Crippen LogP contribution >= 0.6 is 11.3 Å². The van der Waals surface area contributed by atoms with Crippen molar-refractivity contribution < 1.29 is 9.18 Å². The molecule has 0 atom stereocenters. The van der Waals surface area contributed by atoms with Crippen molar-refractivity contribution >= 4 is 17.2 Å². The first kappa shape index (κ1) is 16.6. The lowest BCUT2D eigenvalue weighted by Crippen LogP contribution is -2.26. The van der Waals surface area contributed by atoms with E-state index in [9.17, 15) is 9.18 Å². The van der Waals surface area contributed by atoms with Crippen LogP contribution in [0.4, 0.5) is 4.39 Å². The van der Waals surface area contributed by atoms with Crippen LogP contribution in [0.25, 0.3) is 0 Å². The molecule has 0 radical (unpaired) electrons. The minimum atomic E-state index is -0.241. The van der Waals surface area contributed by atoms with Crippen LogP contribution in [0.5, 0.6) is 0 Å². The quantitative estimate of drug-likeness (QED) is 0.733. The van der Waals surface area contributed by atoms with E-state index >= 15 is 0 Å². The van der Waals surface area contributed by atoms with Crippen LogP contribution < -0.4 is 11.1 Å². The number of hydrogen-bond acceptors (Lipinski definition) is 4. The highest BCUT2D eigenvalue weighted by Gasteiger charge is 2.08. The summed E-state index contributed by atoms with van der Waals surface area (Å²) in [4.78, 5) is 16.2. The lowest BCUT2D eigenvalue weighted by molar-refractivity contribution is -0.120. The van der Waals surface area contributed by atoms with E-state index < -0.39 is 0 Å². The van der Waals surface area contributed by atoms with Gasteiger partial charge >= 0.3 is 0 Å². The molecule has 0 aliphatic rings. The van der Waals surface area contributed by atoms with Gasteiger partial charge in [-0.2, -0.15) is 0 Å². The van der Waals surface area contributed by atoms with E-state index in [1.807, 2.05) is 5.38 Å². The number of halogens is 1. The van der Waals surface area contributed by atoms with Gasteiger partial charge in [-0.3, -0.25) is 4.79 Å². The Kier molecular flexibility index (Phi) is 6.48. The minimum absolute atomic E-state index is 0.0179. The summed E-state index contributed by atoms with van der Waals surface area (Å²) in [5.41, 5.74) is 7.19. The van der Waals surface area contributed by atoms with Crippen molar-refractivity contribution in [2.45, 2.75) is 25.7 Å². The zero-order valence-corrected chi connectivity index (χ0v) is 13.2. The predicted octanol–water partition coefficient (Wildman–Crippen LogP) is 2.27. The molecule has 118 valence electrons. The molecule has 2 aromatic rings. The fraction of sp³-hybridized carbons (Fsp3) is 0.375. The molecule has 3 N–H and O–H groups in total. The molecule has 0 unspecified atom stereocenters. The van der Waals surface area contributed by atoms with E-state index in [-0.39, 0.29) is 11.7 Å². The number of thiazole rings is 1. The molecule has 4 nitrogen and oxygen atoms in total. The van der Waals surface area contributed by atoms with Gasteiger partial charge in [0.05, 0.1) is 17.1 Å². The number of hydrogen-bond donors (Lipinski definition) is 2. The van der Waals surface area contributed by atoms with E-state index in [2.05, 4.69) is 10.3 Å². The van der Waals surface area contributed by atoms with Crippen molar-refractivity contribution in [3.05, 3.63) is 51.7 Å². The van der Waals surface area contributed by atoms with Gasteiger partial charge in [0.2, 0.25) is 5.91 Å². The Bertz CT molecular complexity index is 598. The van der Waals surface area contributed by atoms with Gasteiger partial charge in [0.15, 0.2) is 0 Å². The highest BCUT2D eigenvalue weighted by atomic mass is 32.1. The zero-order valence-electron chi connectivity index (χ0n) is 12.3. The van der Waals surface area contributed by atoms with Crippen LogP contribution in [0.2, 0.25) is 0 Å². The molecule has 1 aromatic carbocycles. The van der Waals surface area contributed by atoms with E-state index in [1.54, 1.807) is 12.1 Å². The largest absolute Gasteiger partial charge is 0.356 e. The van der Waals surface area contributed by atoms with Gasteiger partial charge in [-0.05, 0) is 37.1 Å². The average Bonchev–Trinajstić information content (AvgIpc) is 2.93. The number of nitrogens with two attached hydrogens (primary N) is 1. The summed E-state index contributed by atoms with van der Waals surface area (Å²) in [5, 5.41) is 5.69. The molecule has 0 aliphatic carbocycles. The highest BCUT2D eigenvalue weighted by Crippen LogP contribution is 2.15. The predicted molar refractivity (Wildman–Crippen MR) is 86.3 cm³/mol. The summed E-state index contributed by atoms with van der Waals surface area (Å²) in [6.45, 7) is 1.30. The maximum absolute atomic E-state index is 12.9. The Morgan fingerprint density at radius 2 is 2.05 bits per heavy atom. The van der Waals surface area contributed by atoms with Crippen molar-refractivity contribution in [1.82, 2.24) is 10.3 Å². The number of unbranched alkanes of at least 4 members (excludes halogenated alkanes) is 1. The van der Waals surface area contributed by atoms with Crippen LogP contribution in [-0.4, -0.2) is 24.0 Å². The number of rotatable bonds is 8. The lowest BCUT2D eigenvalue weighted by Gasteiger charge is -2.02. The second-order valence-electron chi connectivity index (χ2n) is 5.06. The van der Waals surface area contributed by atoms with Crippen LogP contribution in [-0.2, 0) is 17.6 Å². The molecule has 0 spiro atoms. The third-order valence-corrected chi connectivity index (χ3v) is 4.06. The summed E-state index contributed by atoms with van der Waals surface area (Å²) in [6.07, 6.45) is 2.76. The molecule has 0 fully saturated rings. The molecule has 1 aromatic heterocycles. The molecule has 1 heterocycles. The number of amides is 1. The fourth-order valence-electron chi connectivity index (χ4n) is 2.01. The molecule has 6 heteroatoms. The number of nitrogens with one attached hydrogen (secondary N) is 1. The number of aromatic nitrogens is 1. The van der Waals surface area contributed by atoms with Crippen molar-refractivity contribution in [2.75, 3.05) is 13.1 Å². The molecule has 0 aliphatic heterocycles. The summed E-state index contributed by atoms with van der Waals surface area (Å²) in [6, 6.07) is 6.39. The number of carbonyl (C=O) groups is 1. The van der Waals surface area contributed by atoms with Gasteiger partial charge in [0.1, 0.15) is 5.82 Å². The lowest BCUT2D eigenvalue weighted by atomic mass is 10.1. The first-order chi connectivity index (χ1) is 10.7. The van der Waals surface area contributed by atoms with Crippen molar-refractivity contribution in [3.8, 4) is 0 Å². The molecular formula is C16H20FN3OS. The minimum Gasteiger partial charge on any atom is -0.356 e. The summed E-state index contributed by atoms with van der Waals surface area (Å²) in [5.74, 6) is -0.259. The second kappa shape index (κ2) is 8.60. The Hall–Kier alpha value is -1.79. The molecule has 0 bridgehead atoms. The Balaban J connectivity index is 1.80. The molecule has 1 amide bonds. The maximum atomic E-state index is 12.9. The Labute approximate surface area is 133 Å². The summed E-state index contributed by atoms with van der Waals surface area (Å²) >= 11 is 1.52. The second-order valence-corrected chi connectivity index (χ2v) is 6.00. The maximum Gasteiger partial charge on any atom is 0.226 e. The smallest absolute Gasteiger partial charge is 0.226 e. The van der Waals surface area contributed by atoms with Gasteiger partial charge in [-0.25, -0.2) is 9.37 Å². The van der Waals surface area contributed by atoms with E-state index in [0.29, 0.717) is 25.9 Å². The topological polar surface area (TPSA) is 68.0 Å². The van der Waals surface area contributed by atoms with Crippen molar-refractivity contribution in [2.24, 2.45) is 5.73 Å². The molecule has 2 rings (SSSR count). The molecular weight excluding hydrogens is 301 g/mol. The molecule has 0 saturated carbocycles. The third-order valence-electron chi connectivity index (χ3n) is 3.16. The van der Waals surface area contributed by atoms with Gasteiger partial charge in [0.25, 0.3) is 0 Å². The summed E-state index contributed by atoms with van der Waals surface area (Å²) < 4.78 is 12.9. The number of carbonyl (C=O) groups excluding carboxylic acids is 1. The summed E-state index contributed by atoms with van der Waals surface area (Å²) in [7, 11) is 0. The zero-order chi connectivity index (χ0) is 15.8. The molecule has 0 saturated heterocycles. The third kappa shape index (κ3) is 5.54. The average molecular weight is 321 g/mol. The van der Waals surface area contributed by atoms with Crippen molar-refractivity contribution in [1.29, 1.82) is 0 Å². The van der Waals surface area contributed by atoms with Gasteiger partial charge in [0, 0.05) is 18.3 Å². The van der Waals surface area contributed by atoms with E-state index in [1.165, 1.54) is 23.5 Å². The van der Waals surface area contributed by atoms with Crippen LogP contribution in [0.1, 0.15) is 29.1 Å². The number of nitrogens with zero attached hydrogens (tertiary/aromatic N) is 1. The Morgan fingerprint density at radius 3 is 2.77 bits per heavy atom. The molecule has 22 heavy (non-hydrogen) atoms. The van der Waals surface area contributed by atoms with E-state index in [0.717, 1.165) is 29.1 Å². The van der Waals surface area contributed by atoms with Gasteiger partial charge in [-0.1, -0.05) is 12.1 Å². The normalized spacial score (nSPS) is 10.6. The van der Waals surface area contributed by atoms with Crippen LogP contribution in [0.15, 0.2) is 29.6 Å². The van der Waals surface area contributed by atoms with Crippen LogP contribution in [0.3, 0.4) is 0 Å². The fourth-order valence-corrected chi connectivity index (χ4v) is 2.84. The Morgan fingerprint density at radius 1 is 1.27 bits per heavy atom. The monoisotopic (exact) mass is 321 g/mol. The first-order valence-corrected chi connectivity index (χ1v) is 8.20. The highest BCUT2D eigenvalue weighted by molar-refractivity contribution is 7.09.